The molecule has 0 saturated carbocycles. The molecule has 1 aliphatic heterocycles. The minimum absolute atomic E-state index is 0.0751. The smallest absolute Gasteiger partial charge is 0.255 e. The van der Waals surface area contributed by atoms with E-state index in [4.69, 9.17) is 0 Å². The highest BCUT2D eigenvalue weighted by molar-refractivity contribution is 9.10. The maximum Gasteiger partial charge on any atom is 0.255 e. The SMILES string of the molecule is CN(C)CCN1CCN(C(=O)c2cncc(Br)c2)CC1. The zero-order chi connectivity index (χ0) is 14.5. The van der Waals surface area contributed by atoms with E-state index in [2.05, 4.69) is 44.8 Å². The molecule has 20 heavy (non-hydrogen) atoms. The lowest BCUT2D eigenvalue weighted by atomic mass is 10.2. The van der Waals surface area contributed by atoms with E-state index in [-0.39, 0.29) is 5.91 Å². The molecule has 0 aliphatic carbocycles. The second-order valence-corrected chi connectivity index (χ2v) is 6.24. The Morgan fingerprint density at radius 2 is 2.00 bits per heavy atom. The van der Waals surface area contributed by atoms with Crippen molar-refractivity contribution < 1.29 is 4.79 Å². The molecule has 0 radical (unpaired) electrons. The molecule has 1 amide bonds. The minimum atomic E-state index is 0.0751. The molecule has 0 N–H and O–H groups in total. The van der Waals surface area contributed by atoms with Gasteiger partial charge in [-0.05, 0) is 36.1 Å². The third-order valence-corrected chi connectivity index (χ3v) is 3.91. The van der Waals surface area contributed by atoms with Gasteiger partial charge in [0.1, 0.15) is 0 Å². The molecular formula is C14H21BrN4O. The zero-order valence-electron chi connectivity index (χ0n) is 12.0. The molecule has 110 valence electrons. The Bertz CT molecular complexity index is 458. The van der Waals surface area contributed by atoms with E-state index in [1.165, 1.54) is 0 Å². The summed E-state index contributed by atoms with van der Waals surface area (Å²) >= 11 is 3.35. The first-order chi connectivity index (χ1) is 9.56. The van der Waals surface area contributed by atoms with Crippen LogP contribution in [0.25, 0.3) is 0 Å². The van der Waals surface area contributed by atoms with Crippen LogP contribution in [0, 0.1) is 0 Å². The first kappa shape index (κ1) is 15.4. The average Bonchev–Trinajstić information content (AvgIpc) is 2.45. The minimum Gasteiger partial charge on any atom is -0.336 e. The Labute approximate surface area is 128 Å². The highest BCUT2D eigenvalue weighted by Gasteiger charge is 2.22. The maximum atomic E-state index is 12.4. The highest BCUT2D eigenvalue weighted by atomic mass is 79.9. The number of hydrogen-bond acceptors (Lipinski definition) is 4. The predicted octanol–water partition coefficient (Wildman–Crippen LogP) is 1.16. The van der Waals surface area contributed by atoms with E-state index in [0.29, 0.717) is 5.56 Å². The molecule has 1 saturated heterocycles. The number of pyridine rings is 1. The van der Waals surface area contributed by atoms with Gasteiger partial charge in [-0.3, -0.25) is 14.7 Å². The van der Waals surface area contributed by atoms with Crippen LogP contribution < -0.4 is 0 Å². The fourth-order valence-electron chi connectivity index (χ4n) is 2.23. The van der Waals surface area contributed by atoms with E-state index >= 15 is 0 Å². The van der Waals surface area contributed by atoms with E-state index in [0.717, 1.165) is 43.7 Å². The van der Waals surface area contributed by atoms with E-state index in [1.807, 2.05) is 11.0 Å². The normalized spacial score (nSPS) is 16.7. The van der Waals surface area contributed by atoms with Gasteiger partial charge in [0, 0.05) is 56.1 Å². The summed E-state index contributed by atoms with van der Waals surface area (Å²) in [7, 11) is 4.17. The highest BCUT2D eigenvalue weighted by Crippen LogP contribution is 2.13. The lowest BCUT2D eigenvalue weighted by Gasteiger charge is -2.35. The van der Waals surface area contributed by atoms with Gasteiger partial charge in [-0.2, -0.15) is 0 Å². The summed E-state index contributed by atoms with van der Waals surface area (Å²) in [5, 5.41) is 0. The van der Waals surface area contributed by atoms with Crippen molar-refractivity contribution in [2.24, 2.45) is 0 Å². The Kier molecular flexibility index (Phi) is 5.51. The van der Waals surface area contributed by atoms with Crippen LogP contribution >= 0.6 is 15.9 Å². The molecule has 0 unspecified atom stereocenters. The standard InChI is InChI=1S/C14H21BrN4O/c1-17(2)3-4-18-5-7-19(8-6-18)14(20)12-9-13(15)11-16-10-12/h9-11H,3-8H2,1-2H3. The van der Waals surface area contributed by atoms with Gasteiger partial charge in [-0.15, -0.1) is 0 Å². The number of carbonyl (C=O) groups excluding carboxylic acids is 1. The molecule has 5 nitrogen and oxygen atoms in total. The topological polar surface area (TPSA) is 39.7 Å². The Hall–Kier alpha value is -0.980. The van der Waals surface area contributed by atoms with Crippen LogP contribution in [0.3, 0.4) is 0 Å². The molecule has 1 aromatic heterocycles. The van der Waals surface area contributed by atoms with Crippen LogP contribution in [0.15, 0.2) is 22.9 Å². The van der Waals surface area contributed by atoms with Crippen LogP contribution in [-0.4, -0.2) is 79.0 Å². The molecule has 0 aromatic carbocycles. The van der Waals surface area contributed by atoms with Crippen LogP contribution in [0.1, 0.15) is 10.4 Å². The number of hydrogen-bond donors (Lipinski definition) is 0. The second-order valence-electron chi connectivity index (χ2n) is 5.33. The second kappa shape index (κ2) is 7.15. The van der Waals surface area contributed by atoms with Crippen LogP contribution in [0.2, 0.25) is 0 Å². The average molecular weight is 341 g/mol. The van der Waals surface area contributed by atoms with Crippen LogP contribution in [0.4, 0.5) is 0 Å². The number of likely N-dealkylation sites (N-methyl/N-ethyl adjacent to an activating group) is 1. The third-order valence-electron chi connectivity index (χ3n) is 3.47. The Balaban J connectivity index is 1.86. The number of nitrogens with zero attached hydrogens (tertiary/aromatic N) is 4. The number of amides is 1. The number of rotatable bonds is 4. The number of carbonyl (C=O) groups is 1. The molecule has 0 bridgehead atoms. The summed E-state index contributed by atoms with van der Waals surface area (Å²) in [6.07, 6.45) is 3.32. The third kappa shape index (κ3) is 4.26. The molecule has 1 fully saturated rings. The van der Waals surface area contributed by atoms with Crippen molar-refractivity contribution in [1.82, 2.24) is 19.7 Å². The van der Waals surface area contributed by atoms with Gasteiger partial charge in [0.25, 0.3) is 5.91 Å². The lowest BCUT2D eigenvalue weighted by molar-refractivity contribution is 0.0629. The summed E-state index contributed by atoms with van der Waals surface area (Å²) in [6.45, 7) is 5.59. The molecule has 6 heteroatoms. The van der Waals surface area contributed by atoms with Crippen molar-refractivity contribution in [3.8, 4) is 0 Å². The summed E-state index contributed by atoms with van der Waals surface area (Å²) in [5.41, 5.74) is 0.654. The Morgan fingerprint density at radius 1 is 1.30 bits per heavy atom. The summed E-state index contributed by atoms with van der Waals surface area (Å²) in [6, 6.07) is 1.83. The van der Waals surface area contributed by atoms with E-state index in [9.17, 15) is 4.79 Å². The van der Waals surface area contributed by atoms with Gasteiger partial charge in [0.05, 0.1) is 5.56 Å². The predicted molar refractivity (Wildman–Crippen MR) is 82.8 cm³/mol. The van der Waals surface area contributed by atoms with Crippen molar-refractivity contribution in [1.29, 1.82) is 0 Å². The van der Waals surface area contributed by atoms with Crippen molar-refractivity contribution >= 4 is 21.8 Å². The lowest BCUT2D eigenvalue weighted by Crippen LogP contribution is -2.50. The van der Waals surface area contributed by atoms with Gasteiger partial charge < -0.3 is 9.80 Å². The van der Waals surface area contributed by atoms with Crippen molar-refractivity contribution in [2.45, 2.75) is 0 Å². The zero-order valence-corrected chi connectivity index (χ0v) is 13.6. The van der Waals surface area contributed by atoms with Gasteiger partial charge in [-0.1, -0.05) is 0 Å². The largest absolute Gasteiger partial charge is 0.336 e. The van der Waals surface area contributed by atoms with Crippen molar-refractivity contribution in [3.05, 3.63) is 28.5 Å². The Morgan fingerprint density at radius 3 is 2.60 bits per heavy atom. The molecule has 1 aromatic rings. The van der Waals surface area contributed by atoms with Gasteiger partial charge in [-0.25, -0.2) is 0 Å². The summed E-state index contributed by atoms with van der Waals surface area (Å²) < 4.78 is 0.841. The molecule has 0 spiro atoms. The first-order valence-electron chi connectivity index (χ1n) is 6.83. The van der Waals surface area contributed by atoms with Crippen LogP contribution in [-0.2, 0) is 0 Å². The first-order valence-corrected chi connectivity index (χ1v) is 7.62. The number of halogens is 1. The van der Waals surface area contributed by atoms with E-state index in [1.54, 1.807) is 12.4 Å². The molecule has 1 aliphatic rings. The summed E-state index contributed by atoms with van der Waals surface area (Å²) in [4.78, 5) is 22.9. The maximum absolute atomic E-state index is 12.4. The number of aromatic nitrogens is 1. The summed E-state index contributed by atoms with van der Waals surface area (Å²) in [5.74, 6) is 0.0751. The van der Waals surface area contributed by atoms with Crippen LogP contribution in [0.5, 0.6) is 0 Å². The van der Waals surface area contributed by atoms with Gasteiger partial charge >= 0.3 is 0 Å². The van der Waals surface area contributed by atoms with Crippen molar-refractivity contribution in [2.75, 3.05) is 53.4 Å². The number of piperazine rings is 1. The van der Waals surface area contributed by atoms with Gasteiger partial charge in [0.2, 0.25) is 0 Å². The van der Waals surface area contributed by atoms with Gasteiger partial charge in [0.15, 0.2) is 0 Å². The fraction of sp³-hybridized carbons (Fsp3) is 0.571. The van der Waals surface area contributed by atoms with Crippen molar-refractivity contribution in [3.63, 3.8) is 0 Å². The van der Waals surface area contributed by atoms with E-state index < -0.39 is 0 Å². The quantitative estimate of drug-likeness (QED) is 0.824. The molecule has 0 atom stereocenters. The monoisotopic (exact) mass is 340 g/mol. The molecular weight excluding hydrogens is 320 g/mol. The molecule has 2 rings (SSSR count). The molecule has 2 heterocycles. The fourth-order valence-corrected chi connectivity index (χ4v) is 2.59.